The number of benzene rings is 1. The van der Waals surface area contributed by atoms with Crippen LogP contribution in [0.25, 0.3) is 22.3 Å². The highest BCUT2D eigenvalue weighted by molar-refractivity contribution is 5.98. The van der Waals surface area contributed by atoms with Gasteiger partial charge in [0.05, 0.1) is 11.4 Å². The zero-order valence-electron chi connectivity index (χ0n) is 17.0. The van der Waals surface area contributed by atoms with Crippen LogP contribution in [-0.4, -0.2) is 69.2 Å². The lowest BCUT2D eigenvalue weighted by atomic mass is 10.1. The second-order valence-electron chi connectivity index (χ2n) is 7.65. The number of halogens is 1. The maximum atomic E-state index is 13.4. The second-order valence-corrected chi connectivity index (χ2v) is 7.65. The first kappa shape index (κ1) is 20.0. The molecule has 1 aliphatic rings. The number of carbonyl (C=O) groups excluding carboxylic acids is 1. The number of carbonyl (C=O) groups is 1. The van der Waals surface area contributed by atoms with Crippen molar-refractivity contribution in [2.45, 2.75) is 12.5 Å². The summed E-state index contributed by atoms with van der Waals surface area (Å²) >= 11 is 0. The topological polar surface area (TPSA) is 93.2 Å². The maximum Gasteiger partial charge on any atom is 0.246 e. The van der Waals surface area contributed by atoms with Gasteiger partial charge < -0.3 is 15.5 Å². The van der Waals surface area contributed by atoms with Gasteiger partial charge in [0, 0.05) is 31.3 Å². The number of likely N-dealkylation sites (tertiary alicyclic amines) is 1. The van der Waals surface area contributed by atoms with Crippen molar-refractivity contribution < 1.29 is 9.18 Å². The van der Waals surface area contributed by atoms with Crippen LogP contribution in [-0.2, 0) is 4.79 Å². The lowest BCUT2D eigenvalue weighted by Gasteiger charge is -2.15. The van der Waals surface area contributed by atoms with Crippen LogP contribution in [0.2, 0.25) is 0 Å². The van der Waals surface area contributed by atoms with Gasteiger partial charge in [-0.25, -0.2) is 19.0 Å². The fourth-order valence-corrected chi connectivity index (χ4v) is 3.67. The van der Waals surface area contributed by atoms with E-state index in [9.17, 15) is 9.18 Å². The fraction of sp³-hybridized carbons (Fsp3) is 0.333. The summed E-state index contributed by atoms with van der Waals surface area (Å²) in [4.78, 5) is 24.8. The van der Waals surface area contributed by atoms with Gasteiger partial charge in [-0.3, -0.25) is 4.79 Å². The van der Waals surface area contributed by atoms with Crippen LogP contribution in [0.4, 0.5) is 10.2 Å². The number of nitrogens with two attached hydrogens (primary N) is 1. The number of amides is 1. The molecule has 2 N–H and O–H groups in total. The van der Waals surface area contributed by atoms with Crippen molar-refractivity contribution in [1.29, 1.82) is 0 Å². The molecule has 3 aromatic rings. The molecule has 0 saturated carbocycles. The molecule has 0 radical (unpaired) electrons. The summed E-state index contributed by atoms with van der Waals surface area (Å²) < 4.78 is 15.2. The van der Waals surface area contributed by atoms with Gasteiger partial charge >= 0.3 is 0 Å². The normalized spacial score (nSPS) is 16.9. The number of aromatic nitrogens is 4. The number of nitrogen functional groups attached to an aromatic ring is 1. The van der Waals surface area contributed by atoms with Crippen molar-refractivity contribution in [2.75, 3.05) is 39.5 Å². The van der Waals surface area contributed by atoms with Crippen LogP contribution >= 0.6 is 0 Å². The third-order valence-corrected chi connectivity index (χ3v) is 5.19. The molecule has 1 unspecified atom stereocenters. The minimum absolute atomic E-state index is 0.0105. The van der Waals surface area contributed by atoms with Gasteiger partial charge in [-0.05, 0) is 44.8 Å². The van der Waals surface area contributed by atoms with Crippen LogP contribution in [0.1, 0.15) is 12.5 Å². The molecule has 8 nitrogen and oxygen atoms in total. The van der Waals surface area contributed by atoms with E-state index in [-0.39, 0.29) is 17.8 Å². The highest BCUT2D eigenvalue weighted by Gasteiger charge is 2.30. The van der Waals surface area contributed by atoms with Crippen molar-refractivity contribution in [3.63, 3.8) is 0 Å². The van der Waals surface area contributed by atoms with Gasteiger partial charge in [-0.1, -0.05) is 6.08 Å². The molecule has 0 aliphatic carbocycles. The van der Waals surface area contributed by atoms with E-state index in [0.29, 0.717) is 42.2 Å². The van der Waals surface area contributed by atoms with Gasteiger partial charge in [0.1, 0.15) is 23.7 Å². The van der Waals surface area contributed by atoms with Crippen LogP contribution in [0.5, 0.6) is 0 Å². The van der Waals surface area contributed by atoms with E-state index >= 15 is 0 Å². The van der Waals surface area contributed by atoms with Gasteiger partial charge in [-0.15, -0.1) is 0 Å². The molecule has 1 saturated heterocycles. The van der Waals surface area contributed by atoms with Crippen molar-refractivity contribution in [3.8, 4) is 11.3 Å². The Morgan fingerprint density at radius 3 is 2.80 bits per heavy atom. The number of anilines is 1. The average molecular weight is 409 g/mol. The molecule has 2 aromatic heterocycles. The Kier molecular flexibility index (Phi) is 5.45. The van der Waals surface area contributed by atoms with Gasteiger partial charge in [0.2, 0.25) is 5.91 Å². The van der Waals surface area contributed by atoms with Crippen molar-refractivity contribution in [1.82, 2.24) is 29.5 Å². The highest BCUT2D eigenvalue weighted by Crippen LogP contribution is 2.33. The zero-order chi connectivity index (χ0) is 21.3. The van der Waals surface area contributed by atoms with Crippen molar-refractivity contribution in [2.24, 2.45) is 0 Å². The highest BCUT2D eigenvalue weighted by atomic mass is 19.1. The number of fused-ring (bicyclic) bond motifs is 1. The Morgan fingerprint density at radius 1 is 1.30 bits per heavy atom. The molecule has 4 rings (SSSR count). The average Bonchev–Trinajstić information content (AvgIpc) is 3.34. The lowest BCUT2D eigenvalue weighted by Crippen LogP contribution is -2.28. The standard InChI is InChI=1S/C21H24FN7O/c1-27(2)10-3-4-17(30)28-11-9-16(12-28)29-21-18(20(23)24-13-25-21)19(26-29)14-5-7-15(22)8-6-14/h3-8,13,16H,9-12H2,1-2H3,(H2,23,24,25). The zero-order valence-corrected chi connectivity index (χ0v) is 17.0. The molecule has 1 aliphatic heterocycles. The Labute approximate surface area is 173 Å². The number of hydrogen-bond donors (Lipinski definition) is 1. The molecule has 3 heterocycles. The second kappa shape index (κ2) is 8.19. The Hall–Kier alpha value is -3.33. The molecule has 30 heavy (non-hydrogen) atoms. The first-order valence-electron chi connectivity index (χ1n) is 9.79. The quantitative estimate of drug-likeness (QED) is 0.649. The van der Waals surface area contributed by atoms with E-state index in [4.69, 9.17) is 10.8 Å². The molecular weight excluding hydrogens is 385 g/mol. The van der Waals surface area contributed by atoms with E-state index in [2.05, 4.69) is 9.97 Å². The van der Waals surface area contributed by atoms with Crippen LogP contribution < -0.4 is 5.73 Å². The summed E-state index contributed by atoms with van der Waals surface area (Å²) in [5, 5.41) is 5.40. The first-order valence-corrected chi connectivity index (χ1v) is 9.79. The Bertz CT molecular complexity index is 1090. The SMILES string of the molecule is CN(C)CC=CC(=O)N1CCC(n2nc(-c3ccc(F)cc3)c3c(N)ncnc32)C1. The monoisotopic (exact) mass is 409 g/mol. The molecule has 0 spiro atoms. The first-order chi connectivity index (χ1) is 14.4. The van der Waals surface area contributed by atoms with Crippen molar-refractivity contribution in [3.05, 3.63) is 48.6 Å². The van der Waals surface area contributed by atoms with Crippen LogP contribution in [0.15, 0.2) is 42.7 Å². The molecule has 1 fully saturated rings. The Balaban J connectivity index is 1.64. The van der Waals surface area contributed by atoms with Crippen molar-refractivity contribution >= 4 is 22.8 Å². The maximum absolute atomic E-state index is 13.4. The predicted molar refractivity (Wildman–Crippen MR) is 113 cm³/mol. The summed E-state index contributed by atoms with van der Waals surface area (Å²) in [5.74, 6) is -0.00851. The molecule has 0 bridgehead atoms. The summed E-state index contributed by atoms with van der Waals surface area (Å²) in [5.41, 5.74) is 8.10. The largest absolute Gasteiger partial charge is 0.383 e. The number of rotatable bonds is 5. The van der Waals surface area contributed by atoms with Gasteiger partial charge in [-0.2, -0.15) is 5.10 Å². The lowest BCUT2D eigenvalue weighted by molar-refractivity contribution is -0.125. The van der Waals surface area contributed by atoms with E-state index in [1.54, 1.807) is 18.2 Å². The third-order valence-electron chi connectivity index (χ3n) is 5.19. The van der Waals surface area contributed by atoms with Gasteiger partial charge in [0.25, 0.3) is 0 Å². The summed E-state index contributed by atoms with van der Waals surface area (Å²) in [6.45, 7) is 1.89. The fourth-order valence-electron chi connectivity index (χ4n) is 3.67. The smallest absolute Gasteiger partial charge is 0.246 e. The summed E-state index contributed by atoms with van der Waals surface area (Å²) in [6.07, 6.45) is 5.65. The number of likely N-dealkylation sites (N-methyl/N-ethyl adjacent to an activating group) is 1. The van der Waals surface area contributed by atoms with Gasteiger partial charge in [0.15, 0.2) is 5.65 Å². The summed E-state index contributed by atoms with van der Waals surface area (Å²) in [7, 11) is 3.91. The summed E-state index contributed by atoms with van der Waals surface area (Å²) in [6, 6.07) is 6.07. The van der Waals surface area contributed by atoms with E-state index in [1.165, 1.54) is 18.5 Å². The predicted octanol–water partition coefficient (Wildman–Crippen LogP) is 2.11. The Morgan fingerprint density at radius 2 is 2.07 bits per heavy atom. The van der Waals surface area contributed by atoms with E-state index in [0.717, 1.165) is 12.0 Å². The van der Waals surface area contributed by atoms with Crippen LogP contribution in [0, 0.1) is 5.82 Å². The minimum atomic E-state index is -0.320. The number of hydrogen-bond acceptors (Lipinski definition) is 6. The van der Waals surface area contributed by atoms with E-state index < -0.39 is 0 Å². The molecule has 9 heteroatoms. The third kappa shape index (κ3) is 3.88. The molecule has 1 atom stereocenters. The molecule has 1 aromatic carbocycles. The number of nitrogens with zero attached hydrogens (tertiary/aromatic N) is 6. The molecular formula is C21H24FN7O. The van der Waals surface area contributed by atoms with Crippen LogP contribution in [0.3, 0.4) is 0 Å². The molecule has 156 valence electrons. The minimum Gasteiger partial charge on any atom is -0.383 e. The molecule has 1 amide bonds. The van der Waals surface area contributed by atoms with E-state index in [1.807, 2.05) is 34.7 Å².